The molecule has 1 atom stereocenters. The average molecular weight is 644 g/mol. The molecule has 4 aromatic carbocycles. The van der Waals surface area contributed by atoms with Gasteiger partial charge in [0.1, 0.15) is 12.4 Å². The van der Waals surface area contributed by atoms with Crippen molar-refractivity contribution in [2.45, 2.75) is 31.1 Å². The van der Waals surface area contributed by atoms with Crippen LogP contribution >= 0.6 is 11.8 Å². The second kappa shape index (κ2) is 15.8. The molecule has 1 aliphatic heterocycles. The number of pyridine rings is 1. The van der Waals surface area contributed by atoms with Crippen LogP contribution in [0.3, 0.4) is 0 Å². The highest BCUT2D eigenvalue weighted by atomic mass is 32.2. The van der Waals surface area contributed by atoms with Gasteiger partial charge in [-0.05, 0) is 60.7 Å². The van der Waals surface area contributed by atoms with Crippen LogP contribution in [-0.4, -0.2) is 53.1 Å². The Balaban J connectivity index is 1.07. The number of oxime groups is 1. The van der Waals surface area contributed by atoms with Crippen LogP contribution in [-0.2, 0) is 16.8 Å². The van der Waals surface area contributed by atoms with Gasteiger partial charge in [0, 0.05) is 35.5 Å². The van der Waals surface area contributed by atoms with E-state index in [4.69, 9.17) is 14.3 Å². The summed E-state index contributed by atoms with van der Waals surface area (Å²) in [4.78, 5) is 12.4. The zero-order chi connectivity index (χ0) is 32.3. The lowest BCUT2D eigenvalue weighted by Crippen LogP contribution is -2.47. The molecule has 240 valence electrons. The first-order valence-corrected chi connectivity index (χ1v) is 17.2. The van der Waals surface area contributed by atoms with E-state index >= 15 is 0 Å². The van der Waals surface area contributed by atoms with Crippen molar-refractivity contribution in [3.05, 3.63) is 161 Å². The first-order chi connectivity index (χ1) is 23.2. The van der Waals surface area contributed by atoms with Crippen molar-refractivity contribution < 1.29 is 14.3 Å². The molecule has 0 saturated carbocycles. The Morgan fingerprint density at radius 1 is 0.787 bits per heavy atom. The van der Waals surface area contributed by atoms with E-state index in [-0.39, 0.29) is 5.54 Å². The summed E-state index contributed by atoms with van der Waals surface area (Å²) in [7, 11) is 0. The highest BCUT2D eigenvalue weighted by Gasteiger charge is 2.45. The zero-order valence-corrected chi connectivity index (χ0v) is 27.8. The van der Waals surface area contributed by atoms with Crippen LogP contribution < -0.4 is 9.47 Å². The lowest BCUT2D eigenvalue weighted by molar-refractivity contribution is 0.107. The van der Waals surface area contributed by atoms with Crippen molar-refractivity contribution in [1.82, 2.24) is 9.88 Å². The zero-order valence-electron chi connectivity index (χ0n) is 27.0. The van der Waals surface area contributed by atoms with Gasteiger partial charge in [-0.1, -0.05) is 108 Å². The van der Waals surface area contributed by atoms with E-state index in [1.165, 1.54) is 22.3 Å². The second-order valence-corrected chi connectivity index (χ2v) is 12.7. The Morgan fingerprint density at radius 2 is 1.40 bits per heavy atom. The number of thioether (sulfide) groups is 1. The van der Waals surface area contributed by atoms with Crippen molar-refractivity contribution >= 4 is 17.5 Å². The molecule has 0 aliphatic carbocycles. The molecule has 1 saturated heterocycles. The van der Waals surface area contributed by atoms with Gasteiger partial charge in [-0.3, -0.25) is 4.90 Å². The molecule has 0 spiro atoms. The van der Waals surface area contributed by atoms with Crippen molar-refractivity contribution in [2.75, 3.05) is 32.2 Å². The third-order valence-corrected chi connectivity index (χ3v) is 9.66. The van der Waals surface area contributed by atoms with Gasteiger partial charge in [0.15, 0.2) is 6.61 Å². The van der Waals surface area contributed by atoms with Gasteiger partial charge in [-0.15, -0.1) is 11.8 Å². The summed E-state index contributed by atoms with van der Waals surface area (Å²) in [5.41, 5.74) is 6.44. The topological polar surface area (TPSA) is 56.2 Å². The standard InChI is InChI=1S/C40H41N3O3S/c1-3-44-39-24-21-33(28-41-39)31(2)42-46-26-25-45-37-22-19-32(20-23-37)27-38-29-43(30-47-38)40(34-13-7-4-8-14-34,35-15-9-5-10-16-35)36-17-11-6-12-18-36/h4-24,28,38H,3,25-27,29-30H2,1-2H3. The van der Waals surface area contributed by atoms with Crippen molar-refractivity contribution in [1.29, 1.82) is 0 Å². The third kappa shape index (κ3) is 7.70. The molecule has 1 aromatic heterocycles. The van der Waals surface area contributed by atoms with E-state index in [2.05, 4.69) is 130 Å². The third-order valence-electron chi connectivity index (χ3n) is 8.42. The summed E-state index contributed by atoms with van der Waals surface area (Å²) in [5.74, 6) is 2.37. The van der Waals surface area contributed by atoms with Gasteiger partial charge < -0.3 is 14.3 Å². The minimum absolute atomic E-state index is 0.351. The number of rotatable bonds is 14. The summed E-state index contributed by atoms with van der Waals surface area (Å²) >= 11 is 2.04. The molecule has 0 N–H and O–H groups in total. The SMILES string of the molecule is CCOc1ccc(C(C)=NOCCOc2ccc(CC3CN(C(c4ccccc4)(c4ccccc4)c4ccccc4)CS3)cc2)cn1. The lowest BCUT2D eigenvalue weighted by atomic mass is 9.75. The van der Waals surface area contributed by atoms with Crippen molar-refractivity contribution in [3.63, 3.8) is 0 Å². The predicted molar refractivity (Wildman–Crippen MR) is 191 cm³/mol. The largest absolute Gasteiger partial charge is 0.490 e. The highest BCUT2D eigenvalue weighted by molar-refractivity contribution is 8.00. The van der Waals surface area contributed by atoms with Gasteiger partial charge in [0.2, 0.25) is 5.88 Å². The van der Waals surface area contributed by atoms with Gasteiger partial charge in [-0.2, -0.15) is 0 Å². The molecule has 1 fully saturated rings. The number of hydrogen-bond donors (Lipinski definition) is 0. The summed E-state index contributed by atoms with van der Waals surface area (Å²) in [5, 5.41) is 4.67. The average Bonchev–Trinajstić information content (AvgIpc) is 3.59. The van der Waals surface area contributed by atoms with Crippen LogP contribution in [0.2, 0.25) is 0 Å². The number of nitrogens with zero attached hydrogens (tertiary/aromatic N) is 3. The fraction of sp³-hybridized carbons (Fsp3) is 0.250. The van der Waals surface area contributed by atoms with Crippen molar-refractivity contribution in [2.24, 2.45) is 5.16 Å². The molecule has 7 heteroatoms. The Morgan fingerprint density at radius 3 is 1.96 bits per heavy atom. The van der Waals surface area contributed by atoms with E-state index in [0.717, 1.165) is 35.9 Å². The molecule has 6 nitrogen and oxygen atoms in total. The Hall–Kier alpha value is -4.59. The molecule has 0 bridgehead atoms. The first kappa shape index (κ1) is 32.4. The number of ether oxygens (including phenoxy) is 2. The van der Waals surface area contributed by atoms with Crippen LogP contribution in [0.5, 0.6) is 11.6 Å². The molecular weight excluding hydrogens is 603 g/mol. The second-order valence-electron chi connectivity index (χ2n) is 11.5. The van der Waals surface area contributed by atoms with Crippen LogP contribution in [0.4, 0.5) is 0 Å². The lowest BCUT2D eigenvalue weighted by Gasteiger charge is -2.43. The van der Waals surface area contributed by atoms with Crippen LogP contribution in [0.25, 0.3) is 0 Å². The molecule has 0 amide bonds. The van der Waals surface area contributed by atoms with Crippen molar-refractivity contribution in [3.8, 4) is 11.6 Å². The summed E-state index contributed by atoms with van der Waals surface area (Å²) in [6, 6.07) is 45.1. The molecule has 5 aromatic rings. The molecule has 0 radical (unpaired) electrons. The van der Waals surface area contributed by atoms with Gasteiger partial charge >= 0.3 is 0 Å². The molecule has 1 unspecified atom stereocenters. The normalized spacial score (nSPS) is 15.4. The van der Waals surface area contributed by atoms with E-state index in [0.29, 0.717) is 31.0 Å². The Kier molecular flexibility index (Phi) is 10.9. The summed E-state index contributed by atoms with van der Waals surface area (Å²) < 4.78 is 11.3. The summed E-state index contributed by atoms with van der Waals surface area (Å²) in [6.07, 6.45) is 2.73. The Labute approximate surface area is 282 Å². The van der Waals surface area contributed by atoms with E-state index < -0.39 is 0 Å². The van der Waals surface area contributed by atoms with E-state index in [1.807, 2.05) is 37.7 Å². The fourth-order valence-corrected chi connectivity index (χ4v) is 7.48. The van der Waals surface area contributed by atoms with E-state index in [1.54, 1.807) is 6.20 Å². The minimum atomic E-state index is -0.376. The smallest absolute Gasteiger partial charge is 0.213 e. The maximum Gasteiger partial charge on any atom is 0.213 e. The Bertz CT molecular complexity index is 1600. The minimum Gasteiger partial charge on any atom is -0.490 e. The van der Waals surface area contributed by atoms with Gasteiger partial charge in [0.05, 0.1) is 17.9 Å². The van der Waals surface area contributed by atoms with Gasteiger partial charge in [-0.25, -0.2) is 4.98 Å². The number of aromatic nitrogens is 1. The molecule has 1 aliphatic rings. The molecule has 47 heavy (non-hydrogen) atoms. The summed E-state index contributed by atoms with van der Waals surface area (Å²) in [6.45, 7) is 6.15. The quantitative estimate of drug-likeness (QED) is 0.0526. The van der Waals surface area contributed by atoms with Crippen LogP contribution in [0, 0.1) is 0 Å². The molecular formula is C40H41N3O3S. The highest BCUT2D eigenvalue weighted by Crippen LogP contribution is 2.46. The maximum atomic E-state index is 5.93. The monoisotopic (exact) mass is 643 g/mol. The molecule has 2 heterocycles. The predicted octanol–water partition coefficient (Wildman–Crippen LogP) is 8.21. The van der Waals surface area contributed by atoms with Crippen LogP contribution in [0.15, 0.2) is 139 Å². The molecule has 6 rings (SSSR count). The van der Waals surface area contributed by atoms with E-state index in [9.17, 15) is 0 Å². The number of hydrogen-bond acceptors (Lipinski definition) is 7. The fourth-order valence-electron chi connectivity index (χ4n) is 6.19. The first-order valence-electron chi connectivity index (χ1n) is 16.2. The maximum absolute atomic E-state index is 5.93. The van der Waals surface area contributed by atoms with Crippen LogP contribution in [0.1, 0.15) is 41.7 Å². The number of benzene rings is 4. The van der Waals surface area contributed by atoms with Gasteiger partial charge in [0.25, 0.3) is 0 Å².